The minimum Gasteiger partial charge on any atom is -0.465 e. The molecule has 1 aliphatic heterocycles. The van der Waals surface area contributed by atoms with Crippen molar-refractivity contribution in [3.05, 3.63) is 24.3 Å². The van der Waals surface area contributed by atoms with Crippen molar-refractivity contribution < 1.29 is 44.6 Å². The second-order valence-corrected chi connectivity index (χ2v) is 6.68. The number of hydrogen-bond acceptors (Lipinski definition) is 9. The highest BCUT2D eigenvalue weighted by atomic mass is 31.2. The summed E-state index contributed by atoms with van der Waals surface area (Å²) in [6, 6.07) is 5.75. The number of aliphatic hydroxyl groups excluding tert-OH is 3. The van der Waals surface area contributed by atoms with Crippen LogP contribution in [-0.4, -0.2) is 71.3 Å². The van der Waals surface area contributed by atoms with Crippen LogP contribution in [0.4, 0.5) is 16.2 Å². The van der Waals surface area contributed by atoms with E-state index in [1.807, 2.05) is 0 Å². The van der Waals surface area contributed by atoms with Gasteiger partial charge in [-0.05, 0) is 12.1 Å². The number of amides is 1. The van der Waals surface area contributed by atoms with Crippen LogP contribution in [0.25, 0.3) is 0 Å². The van der Waals surface area contributed by atoms with Gasteiger partial charge in [0.25, 0.3) is 0 Å². The van der Waals surface area contributed by atoms with Gasteiger partial charge in [-0.3, -0.25) is 5.32 Å². The number of carboxylic acid groups (broad SMARTS) is 1. The molecule has 0 radical (unpaired) electrons. The van der Waals surface area contributed by atoms with Crippen LogP contribution in [0.5, 0.6) is 0 Å². The van der Waals surface area contributed by atoms with Crippen LogP contribution in [0.3, 0.4) is 0 Å². The number of ether oxygens (including phenoxy) is 1. The highest BCUT2D eigenvalue weighted by Gasteiger charge is 2.58. The molecule has 24 heavy (non-hydrogen) atoms. The third-order valence-corrected chi connectivity index (χ3v) is 4.27. The summed E-state index contributed by atoms with van der Waals surface area (Å²) in [4.78, 5) is 42.4. The fraction of sp³-hybridized carbons (Fsp3) is 0.333. The molecule has 132 valence electrons. The van der Waals surface area contributed by atoms with Gasteiger partial charge >= 0.3 is 19.9 Å². The number of para-hydroxylation sites is 2. The Morgan fingerprint density at radius 2 is 1.75 bits per heavy atom. The van der Waals surface area contributed by atoms with Gasteiger partial charge in [0.05, 0.1) is 11.4 Å². The number of aliphatic hydroxyl groups is 3. The Kier molecular flexibility index (Phi) is 5.35. The van der Waals surface area contributed by atoms with Gasteiger partial charge in [0.15, 0.2) is 12.2 Å². The van der Waals surface area contributed by atoms with E-state index in [-0.39, 0.29) is 11.4 Å². The van der Waals surface area contributed by atoms with E-state index in [1.165, 1.54) is 24.3 Å². The molecule has 0 saturated carbocycles. The summed E-state index contributed by atoms with van der Waals surface area (Å²) < 4.78 is 4.92. The first-order chi connectivity index (χ1) is 11.1. The molecule has 1 aromatic rings. The van der Waals surface area contributed by atoms with Crippen molar-refractivity contribution in [1.29, 1.82) is 0 Å². The van der Waals surface area contributed by atoms with Gasteiger partial charge in [0, 0.05) is 0 Å². The Morgan fingerprint density at radius 3 is 2.33 bits per heavy atom. The SMILES string of the molecule is O=C(O)Nc1ccccc1N=C1O[C@H]([P+](O)(O)O)[C@@H](O)[C@H](O)[C@H]1O. The number of benzene rings is 1. The molecule has 1 amide bonds. The van der Waals surface area contributed by atoms with Gasteiger partial charge in [-0.2, -0.15) is 14.7 Å². The predicted molar refractivity (Wildman–Crippen MR) is 81.7 cm³/mol. The van der Waals surface area contributed by atoms with E-state index in [0.717, 1.165) is 0 Å². The van der Waals surface area contributed by atoms with Crippen molar-refractivity contribution in [2.24, 2.45) is 4.99 Å². The number of hydrogen-bond donors (Lipinski definition) is 8. The second-order valence-electron chi connectivity index (χ2n) is 4.95. The quantitative estimate of drug-likeness (QED) is 0.310. The molecule has 11 nitrogen and oxygen atoms in total. The summed E-state index contributed by atoms with van der Waals surface area (Å²) >= 11 is 0. The molecule has 4 atom stereocenters. The van der Waals surface area contributed by atoms with E-state index in [1.54, 1.807) is 0 Å². The van der Waals surface area contributed by atoms with E-state index >= 15 is 0 Å². The lowest BCUT2D eigenvalue weighted by atomic mass is 10.1. The lowest BCUT2D eigenvalue weighted by Gasteiger charge is -2.34. The van der Waals surface area contributed by atoms with Gasteiger partial charge in [-0.15, -0.1) is 0 Å². The number of carbonyl (C=O) groups is 1. The molecule has 1 aromatic carbocycles. The van der Waals surface area contributed by atoms with E-state index < -0.39 is 44.1 Å². The first-order valence-corrected chi connectivity index (χ1v) is 8.28. The number of anilines is 1. The number of aliphatic imine (C=N–C) groups is 1. The van der Waals surface area contributed by atoms with Gasteiger partial charge in [-0.25, -0.2) is 9.79 Å². The third-order valence-electron chi connectivity index (χ3n) is 3.18. The summed E-state index contributed by atoms with van der Waals surface area (Å²) in [5.41, 5.74) is 0.0255. The zero-order chi connectivity index (χ0) is 18.1. The summed E-state index contributed by atoms with van der Waals surface area (Å²) in [7, 11) is -4.72. The van der Waals surface area contributed by atoms with Crippen LogP contribution in [-0.2, 0) is 4.74 Å². The Bertz CT molecular complexity index is 648. The van der Waals surface area contributed by atoms with Gasteiger partial charge in [0.2, 0.25) is 5.90 Å². The zero-order valence-corrected chi connectivity index (χ0v) is 12.9. The molecule has 0 aliphatic carbocycles. The molecule has 0 spiro atoms. The molecular weight excluding hydrogens is 347 g/mol. The molecule has 1 fully saturated rings. The maximum Gasteiger partial charge on any atom is 0.450 e. The predicted octanol–water partition coefficient (Wildman–Crippen LogP) is -1.02. The van der Waals surface area contributed by atoms with Crippen molar-refractivity contribution in [3.8, 4) is 0 Å². The maximum absolute atomic E-state index is 10.7. The molecule has 1 aliphatic rings. The van der Waals surface area contributed by atoms with Crippen molar-refractivity contribution in [2.75, 3.05) is 5.32 Å². The smallest absolute Gasteiger partial charge is 0.450 e. The summed E-state index contributed by atoms with van der Waals surface area (Å²) in [5.74, 6) is -2.63. The normalized spacial score (nSPS) is 29.2. The zero-order valence-electron chi connectivity index (χ0n) is 12.0. The third kappa shape index (κ3) is 3.97. The molecule has 1 saturated heterocycles. The van der Waals surface area contributed by atoms with Crippen LogP contribution in [0, 0.1) is 0 Å². The summed E-state index contributed by atoms with van der Waals surface area (Å²) in [6.07, 6.45) is -7.08. The molecule has 0 aromatic heterocycles. The van der Waals surface area contributed by atoms with Crippen LogP contribution < -0.4 is 5.32 Å². The molecule has 0 unspecified atom stereocenters. The molecule has 2 rings (SSSR count). The summed E-state index contributed by atoms with van der Waals surface area (Å²) in [5, 5.41) is 40.1. The maximum atomic E-state index is 10.7. The van der Waals surface area contributed by atoms with Gasteiger partial charge in [0.1, 0.15) is 6.10 Å². The fourth-order valence-electron chi connectivity index (χ4n) is 2.04. The second kappa shape index (κ2) is 6.95. The van der Waals surface area contributed by atoms with Crippen LogP contribution >= 0.6 is 7.94 Å². The van der Waals surface area contributed by atoms with Gasteiger partial charge in [-0.1, -0.05) is 12.1 Å². The lowest BCUT2D eigenvalue weighted by Crippen LogP contribution is -2.55. The Morgan fingerprint density at radius 1 is 1.12 bits per heavy atom. The molecular formula is C12H16N2O9P+. The number of nitrogens with one attached hydrogen (secondary N) is 1. The van der Waals surface area contributed by atoms with E-state index in [0.29, 0.717) is 0 Å². The van der Waals surface area contributed by atoms with Crippen molar-refractivity contribution in [1.82, 2.24) is 0 Å². The Hall–Kier alpha value is -1.85. The number of nitrogens with zero attached hydrogens (tertiary/aromatic N) is 1. The van der Waals surface area contributed by atoms with Crippen LogP contribution in [0.1, 0.15) is 0 Å². The standard InChI is InChI=1S/C12H15N2O9P/c15-7-8(16)10(23-11(9(7)17)24(20,21)22)13-5-3-1-2-4-6(5)14-12(18)19/h1-4,7-9,11,14-17,20-22H/p+1/t7-,8-,9+,11-/m1/s1. The molecule has 8 N–H and O–H groups in total. The molecule has 12 heteroatoms. The monoisotopic (exact) mass is 363 g/mol. The van der Waals surface area contributed by atoms with Crippen molar-refractivity contribution >= 4 is 31.3 Å². The average Bonchev–Trinajstić information content (AvgIpc) is 2.48. The van der Waals surface area contributed by atoms with Crippen molar-refractivity contribution in [2.45, 2.75) is 24.2 Å². The largest absolute Gasteiger partial charge is 0.465 e. The van der Waals surface area contributed by atoms with Crippen molar-refractivity contribution in [3.63, 3.8) is 0 Å². The Balaban J connectivity index is 2.39. The van der Waals surface area contributed by atoms with E-state index in [2.05, 4.69) is 10.3 Å². The lowest BCUT2D eigenvalue weighted by molar-refractivity contribution is -0.102. The number of rotatable bonds is 3. The van der Waals surface area contributed by atoms with Crippen LogP contribution in [0.15, 0.2) is 29.3 Å². The summed E-state index contributed by atoms with van der Waals surface area (Å²) in [6.45, 7) is 0. The van der Waals surface area contributed by atoms with E-state index in [9.17, 15) is 34.8 Å². The topological polar surface area (TPSA) is 192 Å². The molecule has 1 heterocycles. The molecule has 0 bridgehead atoms. The van der Waals surface area contributed by atoms with Gasteiger partial charge < -0.3 is 25.2 Å². The highest BCUT2D eigenvalue weighted by Crippen LogP contribution is 2.54. The van der Waals surface area contributed by atoms with E-state index in [4.69, 9.17) is 9.84 Å². The van der Waals surface area contributed by atoms with Crippen LogP contribution in [0.2, 0.25) is 0 Å². The fourth-order valence-corrected chi connectivity index (χ4v) is 2.88. The average molecular weight is 363 g/mol. The first kappa shape index (κ1) is 18.5. The minimum absolute atomic E-state index is 0.00552. The Labute approximate surface area is 135 Å². The first-order valence-electron chi connectivity index (χ1n) is 6.56. The minimum atomic E-state index is -4.72. The highest BCUT2D eigenvalue weighted by molar-refractivity contribution is 7.59.